The molecule has 2 heterocycles. The maximum Gasteiger partial charge on any atom is 0.231 e. The van der Waals surface area contributed by atoms with Crippen molar-refractivity contribution in [1.82, 2.24) is 4.98 Å². The third-order valence-corrected chi connectivity index (χ3v) is 4.65. The minimum absolute atomic E-state index is 0.224. The summed E-state index contributed by atoms with van der Waals surface area (Å²) in [6.45, 7) is 3.09. The molecule has 1 fully saturated rings. The highest BCUT2D eigenvalue weighted by Crippen LogP contribution is 2.27. The number of amides is 1. The number of hydrogen-bond acceptors (Lipinski definition) is 2. The van der Waals surface area contributed by atoms with E-state index in [1.54, 1.807) is 6.20 Å². The van der Waals surface area contributed by atoms with Gasteiger partial charge in [-0.3, -0.25) is 9.69 Å². The molecule has 1 aromatic heterocycles. The Morgan fingerprint density at radius 1 is 1.09 bits per heavy atom. The molecule has 22 heavy (non-hydrogen) atoms. The van der Waals surface area contributed by atoms with Crippen LogP contribution in [0.15, 0.2) is 24.4 Å². The fraction of sp³-hybridized carbons (Fsp3) is 0.684. The van der Waals surface area contributed by atoms with E-state index in [1.807, 2.05) is 23.1 Å². The first kappa shape index (κ1) is 17.0. The third-order valence-electron chi connectivity index (χ3n) is 4.65. The normalized spacial score (nSPS) is 18.1. The first-order chi connectivity index (χ1) is 10.8. The zero-order valence-electron chi connectivity index (χ0n) is 14.0. The summed E-state index contributed by atoms with van der Waals surface area (Å²) in [6, 6.07) is 5.76. The second-order valence-corrected chi connectivity index (χ2v) is 6.43. The van der Waals surface area contributed by atoms with Crippen LogP contribution in [0.25, 0.3) is 0 Å². The molecule has 0 aromatic carbocycles. The van der Waals surface area contributed by atoms with Gasteiger partial charge < -0.3 is 0 Å². The van der Waals surface area contributed by atoms with Gasteiger partial charge in [-0.05, 0) is 25.0 Å². The van der Waals surface area contributed by atoms with Crippen LogP contribution >= 0.6 is 0 Å². The Morgan fingerprint density at radius 2 is 1.82 bits per heavy atom. The molecule has 1 saturated heterocycles. The van der Waals surface area contributed by atoms with Crippen molar-refractivity contribution in [2.45, 2.75) is 71.1 Å². The topological polar surface area (TPSA) is 33.2 Å². The minimum Gasteiger partial charge on any atom is -0.297 e. The van der Waals surface area contributed by atoms with Crippen LogP contribution in [0.4, 0.5) is 5.82 Å². The van der Waals surface area contributed by atoms with Crippen LogP contribution < -0.4 is 4.90 Å². The minimum atomic E-state index is 0.224. The van der Waals surface area contributed by atoms with Gasteiger partial charge in [-0.1, -0.05) is 64.4 Å². The summed E-state index contributed by atoms with van der Waals surface area (Å²) in [6.07, 6.45) is 14.4. The van der Waals surface area contributed by atoms with E-state index in [4.69, 9.17) is 0 Å². The fourth-order valence-corrected chi connectivity index (χ4v) is 3.27. The second-order valence-electron chi connectivity index (χ2n) is 6.43. The van der Waals surface area contributed by atoms with Gasteiger partial charge in [0.25, 0.3) is 0 Å². The molecule has 1 aromatic rings. The third kappa shape index (κ3) is 5.11. The average Bonchev–Trinajstić information content (AvgIpc) is 2.92. The Bertz CT molecular complexity index is 432. The van der Waals surface area contributed by atoms with Crippen LogP contribution in [0.2, 0.25) is 0 Å². The van der Waals surface area contributed by atoms with Crippen molar-refractivity contribution in [3.05, 3.63) is 24.4 Å². The Kier molecular flexibility index (Phi) is 7.41. The molecule has 1 aliphatic heterocycles. The predicted octanol–water partition coefficient (Wildman–Crippen LogP) is 4.97. The standard InChI is InChI=1S/C19H30N2O/c1-2-3-4-5-6-7-8-9-12-17-14-16-21(19(17)22)18-13-10-11-15-20-18/h10-11,13,15,17H,2-9,12,14,16H2,1H3. The van der Waals surface area contributed by atoms with Crippen molar-refractivity contribution < 1.29 is 4.79 Å². The second kappa shape index (κ2) is 9.60. The lowest BCUT2D eigenvalue weighted by Gasteiger charge is -2.15. The van der Waals surface area contributed by atoms with Gasteiger partial charge in [0, 0.05) is 18.7 Å². The van der Waals surface area contributed by atoms with Gasteiger partial charge in [0.15, 0.2) is 0 Å². The number of unbranched alkanes of at least 4 members (excludes halogenated alkanes) is 7. The lowest BCUT2D eigenvalue weighted by atomic mass is 9.99. The van der Waals surface area contributed by atoms with Gasteiger partial charge in [-0.2, -0.15) is 0 Å². The van der Waals surface area contributed by atoms with Crippen LogP contribution in [-0.4, -0.2) is 17.4 Å². The smallest absolute Gasteiger partial charge is 0.231 e. The molecule has 0 bridgehead atoms. The molecule has 3 nitrogen and oxygen atoms in total. The summed E-state index contributed by atoms with van der Waals surface area (Å²) in [5.74, 6) is 1.31. The molecule has 0 N–H and O–H groups in total. The van der Waals surface area contributed by atoms with E-state index in [0.717, 1.165) is 25.2 Å². The lowest BCUT2D eigenvalue weighted by molar-refractivity contribution is -0.120. The average molecular weight is 302 g/mol. The fourth-order valence-electron chi connectivity index (χ4n) is 3.27. The summed E-state index contributed by atoms with van der Waals surface area (Å²) in [5, 5.41) is 0. The summed E-state index contributed by atoms with van der Waals surface area (Å²) in [4.78, 5) is 18.6. The van der Waals surface area contributed by atoms with E-state index in [2.05, 4.69) is 11.9 Å². The molecule has 2 rings (SSSR count). The maximum atomic E-state index is 12.4. The van der Waals surface area contributed by atoms with Gasteiger partial charge in [0.1, 0.15) is 5.82 Å². The van der Waals surface area contributed by atoms with Gasteiger partial charge in [0.2, 0.25) is 5.91 Å². The van der Waals surface area contributed by atoms with Crippen molar-refractivity contribution in [1.29, 1.82) is 0 Å². The maximum absolute atomic E-state index is 12.4. The van der Waals surface area contributed by atoms with Crippen LogP contribution in [0, 0.1) is 5.92 Å². The molecule has 0 aliphatic carbocycles. The number of anilines is 1. The summed E-state index contributed by atoms with van der Waals surface area (Å²) in [5.41, 5.74) is 0. The Labute approximate surface area is 135 Å². The van der Waals surface area contributed by atoms with E-state index in [-0.39, 0.29) is 11.8 Å². The summed E-state index contributed by atoms with van der Waals surface area (Å²) < 4.78 is 0. The number of carbonyl (C=O) groups is 1. The number of carbonyl (C=O) groups excluding carboxylic acids is 1. The quantitative estimate of drug-likeness (QED) is 0.572. The zero-order valence-corrected chi connectivity index (χ0v) is 14.0. The van der Waals surface area contributed by atoms with E-state index in [9.17, 15) is 4.79 Å². The molecule has 1 unspecified atom stereocenters. The SMILES string of the molecule is CCCCCCCCCCC1CCN(c2ccccn2)C1=O. The molecule has 1 amide bonds. The van der Waals surface area contributed by atoms with Crippen LogP contribution in [0.3, 0.4) is 0 Å². The van der Waals surface area contributed by atoms with Crippen LogP contribution in [0.1, 0.15) is 71.1 Å². The van der Waals surface area contributed by atoms with Gasteiger partial charge in [-0.25, -0.2) is 4.98 Å². The van der Waals surface area contributed by atoms with E-state index < -0.39 is 0 Å². The number of hydrogen-bond donors (Lipinski definition) is 0. The number of nitrogens with zero attached hydrogens (tertiary/aromatic N) is 2. The van der Waals surface area contributed by atoms with Crippen molar-refractivity contribution in [3.8, 4) is 0 Å². The first-order valence-electron chi connectivity index (χ1n) is 9.05. The molecule has 3 heteroatoms. The van der Waals surface area contributed by atoms with Crippen molar-refractivity contribution >= 4 is 11.7 Å². The number of aromatic nitrogens is 1. The van der Waals surface area contributed by atoms with E-state index in [1.165, 1.54) is 51.4 Å². The number of pyridine rings is 1. The molecular weight excluding hydrogens is 272 g/mol. The summed E-state index contributed by atoms with van der Waals surface area (Å²) >= 11 is 0. The van der Waals surface area contributed by atoms with Crippen molar-refractivity contribution in [3.63, 3.8) is 0 Å². The van der Waals surface area contributed by atoms with Crippen molar-refractivity contribution in [2.75, 3.05) is 11.4 Å². The Balaban J connectivity index is 1.61. The molecule has 1 atom stereocenters. The molecule has 0 radical (unpaired) electrons. The van der Waals surface area contributed by atoms with Crippen LogP contribution in [-0.2, 0) is 4.79 Å². The molecular formula is C19H30N2O. The highest BCUT2D eigenvalue weighted by atomic mass is 16.2. The predicted molar refractivity (Wildman–Crippen MR) is 91.9 cm³/mol. The molecule has 122 valence electrons. The largest absolute Gasteiger partial charge is 0.297 e. The monoisotopic (exact) mass is 302 g/mol. The highest BCUT2D eigenvalue weighted by molar-refractivity contribution is 5.96. The van der Waals surface area contributed by atoms with E-state index >= 15 is 0 Å². The molecule has 0 saturated carbocycles. The summed E-state index contributed by atoms with van der Waals surface area (Å²) in [7, 11) is 0. The van der Waals surface area contributed by atoms with Crippen molar-refractivity contribution in [2.24, 2.45) is 5.92 Å². The Hall–Kier alpha value is -1.38. The van der Waals surface area contributed by atoms with Crippen LogP contribution in [0.5, 0.6) is 0 Å². The van der Waals surface area contributed by atoms with Gasteiger partial charge in [-0.15, -0.1) is 0 Å². The Morgan fingerprint density at radius 3 is 2.50 bits per heavy atom. The lowest BCUT2D eigenvalue weighted by Crippen LogP contribution is -2.27. The molecule has 1 aliphatic rings. The zero-order chi connectivity index (χ0) is 15.6. The van der Waals surface area contributed by atoms with Gasteiger partial charge >= 0.3 is 0 Å². The molecule has 0 spiro atoms. The first-order valence-corrected chi connectivity index (χ1v) is 9.05. The highest BCUT2D eigenvalue weighted by Gasteiger charge is 2.32. The van der Waals surface area contributed by atoms with E-state index in [0.29, 0.717) is 0 Å². The number of rotatable bonds is 10. The van der Waals surface area contributed by atoms with Gasteiger partial charge in [0.05, 0.1) is 0 Å².